The number of aliphatic carboxylic acids is 1. The number of carboxylic acids is 1. The van der Waals surface area contributed by atoms with Crippen LogP contribution >= 0.6 is 0 Å². The number of alkyl halides is 3. The number of halogens is 3. The lowest BCUT2D eigenvalue weighted by Crippen LogP contribution is -2.43. The van der Waals surface area contributed by atoms with Crippen molar-refractivity contribution in [2.45, 2.75) is 57.8 Å². The van der Waals surface area contributed by atoms with Crippen molar-refractivity contribution in [3.05, 3.63) is 29.8 Å². The molecule has 5 nitrogen and oxygen atoms in total. The summed E-state index contributed by atoms with van der Waals surface area (Å²) in [7, 11) is 0. The number of carbonyl (C=O) groups is 2. The van der Waals surface area contributed by atoms with Crippen LogP contribution in [0.3, 0.4) is 0 Å². The Kier molecular flexibility index (Phi) is 7.89. The van der Waals surface area contributed by atoms with Gasteiger partial charge in [0.25, 0.3) is 0 Å². The summed E-state index contributed by atoms with van der Waals surface area (Å²) in [4.78, 5) is 23.2. The van der Waals surface area contributed by atoms with E-state index in [1.54, 1.807) is 6.92 Å². The number of carbonyl (C=O) groups excluding carboxylic acids is 1. The van der Waals surface area contributed by atoms with Crippen molar-refractivity contribution in [3.63, 3.8) is 0 Å². The average molecular weight is 360 g/mol. The molecule has 8 heteroatoms. The lowest BCUT2D eigenvalue weighted by Gasteiger charge is -2.20. The monoisotopic (exact) mass is 360 g/mol. The van der Waals surface area contributed by atoms with Gasteiger partial charge in [-0.1, -0.05) is 31.9 Å². The maximum absolute atomic E-state index is 12.9. The van der Waals surface area contributed by atoms with Crippen LogP contribution in [-0.2, 0) is 15.8 Å². The van der Waals surface area contributed by atoms with Gasteiger partial charge in [-0.3, -0.25) is 9.59 Å². The van der Waals surface area contributed by atoms with Gasteiger partial charge in [0.2, 0.25) is 5.91 Å². The Labute approximate surface area is 144 Å². The molecule has 0 radical (unpaired) electrons. The maximum atomic E-state index is 12.9. The van der Waals surface area contributed by atoms with Crippen molar-refractivity contribution in [3.8, 4) is 0 Å². The topological polar surface area (TPSA) is 78.4 Å². The first-order valence-corrected chi connectivity index (χ1v) is 8.10. The number of nitrogens with one attached hydrogen (secondary N) is 2. The highest BCUT2D eigenvalue weighted by Gasteiger charge is 2.33. The van der Waals surface area contributed by atoms with Crippen molar-refractivity contribution >= 4 is 17.6 Å². The van der Waals surface area contributed by atoms with Crippen LogP contribution in [0, 0.1) is 0 Å². The van der Waals surface area contributed by atoms with Gasteiger partial charge in [-0.25, -0.2) is 0 Å². The van der Waals surface area contributed by atoms with E-state index in [0.29, 0.717) is 6.42 Å². The minimum Gasteiger partial charge on any atom is -0.480 e. The van der Waals surface area contributed by atoms with Gasteiger partial charge in [0, 0.05) is 12.5 Å². The molecule has 0 aliphatic rings. The van der Waals surface area contributed by atoms with Gasteiger partial charge < -0.3 is 15.7 Å². The molecule has 140 valence electrons. The number of para-hydroxylation sites is 1. The van der Waals surface area contributed by atoms with Crippen molar-refractivity contribution in [1.82, 2.24) is 5.32 Å². The van der Waals surface area contributed by atoms with Gasteiger partial charge >= 0.3 is 12.1 Å². The Morgan fingerprint density at radius 1 is 1.24 bits per heavy atom. The molecule has 2 atom stereocenters. The van der Waals surface area contributed by atoms with E-state index in [0.717, 1.165) is 18.9 Å². The van der Waals surface area contributed by atoms with Crippen molar-refractivity contribution in [2.75, 3.05) is 5.32 Å². The molecule has 1 amide bonds. The van der Waals surface area contributed by atoms with Crippen molar-refractivity contribution < 1.29 is 27.9 Å². The third kappa shape index (κ3) is 7.13. The molecule has 0 aliphatic carbocycles. The van der Waals surface area contributed by atoms with Crippen LogP contribution in [0.15, 0.2) is 24.3 Å². The Balaban J connectivity index is 2.66. The van der Waals surface area contributed by atoms with Gasteiger partial charge in [0.05, 0.1) is 11.3 Å². The zero-order chi connectivity index (χ0) is 19.0. The second-order valence-corrected chi connectivity index (χ2v) is 5.90. The molecule has 3 N–H and O–H groups in total. The lowest BCUT2D eigenvalue weighted by atomic mass is 10.1. The summed E-state index contributed by atoms with van der Waals surface area (Å²) < 4.78 is 38.7. The molecule has 0 aromatic heterocycles. The molecule has 1 aromatic carbocycles. The number of anilines is 1. The van der Waals surface area contributed by atoms with Crippen LogP contribution in [0.4, 0.5) is 18.9 Å². The summed E-state index contributed by atoms with van der Waals surface area (Å²) in [5.41, 5.74) is -1.23. The van der Waals surface area contributed by atoms with Gasteiger partial charge in [-0.2, -0.15) is 13.2 Å². The summed E-state index contributed by atoms with van der Waals surface area (Å²) in [5, 5.41) is 14.2. The highest BCUT2D eigenvalue weighted by molar-refractivity contribution is 5.92. The number of rotatable bonds is 9. The number of amides is 1. The van der Waals surface area contributed by atoms with Crippen LogP contribution in [0.1, 0.15) is 45.1 Å². The van der Waals surface area contributed by atoms with E-state index >= 15 is 0 Å². The maximum Gasteiger partial charge on any atom is 0.418 e. The van der Waals surface area contributed by atoms with E-state index < -0.39 is 35.7 Å². The minimum atomic E-state index is -4.57. The van der Waals surface area contributed by atoms with E-state index in [2.05, 4.69) is 10.6 Å². The molecule has 0 spiro atoms. The summed E-state index contributed by atoms with van der Waals surface area (Å²) >= 11 is 0. The zero-order valence-corrected chi connectivity index (χ0v) is 14.2. The van der Waals surface area contributed by atoms with E-state index in [-0.39, 0.29) is 12.1 Å². The van der Waals surface area contributed by atoms with Crippen LogP contribution in [0.25, 0.3) is 0 Å². The highest BCUT2D eigenvalue weighted by atomic mass is 19.4. The molecule has 0 saturated heterocycles. The van der Waals surface area contributed by atoms with Crippen LogP contribution in [0.2, 0.25) is 0 Å². The molecule has 0 fully saturated rings. The predicted molar refractivity (Wildman–Crippen MR) is 88.2 cm³/mol. The Bertz CT molecular complexity index is 591. The van der Waals surface area contributed by atoms with Gasteiger partial charge in [-0.05, 0) is 25.5 Å². The summed E-state index contributed by atoms with van der Waals surface area (Å²) in [5.74, 6) is -1.63. The minimum absolute atomic E-state index is 0.137. The largest absolute Gasteiger partial charge is 0.480 e. The number of hydrogen-bond donors (Lipinski definition) is 3. The molecule has 1 aromatic rings. The van der Waals surface area contributed by atoms with Gasteiger partial charge in [0.15, 0.2) is 0 Å². The Hall–Kier alpha value is -2.09. The molecule has 0 aliphatic heterocycles. The van der Waals surface area contributed by atoms with E-state index in [1.165, 1.54) is 18.2 Å². The van der Waals surface area contributed by atoms with Gasteiger partial charge in [0.1, 0.15) is 6.04 Å². The quantitative estimate of drug-likeness (QED) is 0.628. The van der Waals surface area contributed by atoms with Gasteiger partial charge in [-0.15, -0.1) is 0 Å². The molecule has 1 unspecified atom stereocenters. The Morgan fingerprint density at radius 2 is 1.88 bits per heavy atom. The number of hydrogen-bond acceptors (Lipinski definition) is 3. The fourth-order valence-corrected chi connectivity index (χ4v) is 2.41. The first-order chi connectivity index (χ1) is 11.6. The smallest absolute Gasteiger partial charge is 0.418 e. The van der Waals surface area contributed by atoms with Crippen LogP contribution in [0.5, 0.6) is 0 Å². The third-order valence-corrected chi connectivity index (χ3v) is 3.63. The molecule has 0 heterocycles. The first kappa shape index (κ1) is 21.0. The molecule has 0 saturated carbocycles. The standard InChI is InChI=1S/C17H23F3N2O3/c1-3-4-8-14(16(24)25)21-11(2)10-15(23)22-13-9-6-5-7-12(13)17(18,19)20/h5-7,9,11,14,21H,3-4,8,10H2,1-2H3,(H,22,23)(H,24,25)/t11?,14-/m0/s1. The summed E-state index contributed by atoms with van der Waals surface area (Å²) in [6.07, 6.45) is -2.71. The number of benzene rings is 1. The number of carboxylic acid groups (broad SMARTS) is 1. The van der Waals surface area contributed by atoms with E-state index in [9.17, 15) is 22.8 Å². The fraction of sp³-hybridized carbons (Fsp3) is 0.529. The fourth-order valence-electron chi connectivity index (χ4n) is 2.41. The van der Waals surface area contributed by atoms with Crippen molar-refractivity contribution in [2.24, 2.45) is 0 Å². The second-order valence-electron chi connectivity index (χ2n) is 5.90. The lowest BCUT2D eigenvalue weighted by molar-refractivity contribution is -0.140. The normalized spacial score (nSPS) is 14.0. The summed E-state index contributed by atoms with van der Waals surface area (Å²) in [6, 6.07) is 3.44. The SMILES string of the molecule is CCCC[C@H](NC(C)CC(=O)Nc1ccccc1C(F)(F)F)C(=O)O. The summed E-state index contributed by atoms with van der Waals surface area (Å²) in [6.45, 7) is 3.56. The average Bonchev–Trinajstić information content (AvgIpc) is 2.50. The Morgan fingerprint density at radius 3 is 2.44 bits per heavy atom. The molecular formula is C17H23F3N2O3. The van der Waals surface area contributed by atoms with Crippen LogP contribution < -0.4 is 10.6 Å². The van der Waals surface area contributed by atoms with E-state index in [1.807, 2.05) is 6.92 Å². The number of unbranched alkanes of at least 4 members (excludes halogenated alkanes) is 1. The molecule has 1 rings (SSSR count). The molecule has 25 heavy (non-hydrogen) atoms. The highest BCUT2D eigenvalue weighted by Crippen LogP contribution is 2.34. The second kappa shape index (κ2) is 9.41. The third-order valence-electron chi connectivity index (χ3n) is 3.63. The van der Waals surface area contributed by atoms with Crippen molar-refractivity contribution in [1.29, 1.82) is 0 Å². The zero-order valence-electron chi connectivity index (χ0n) is 14.2. The first-order valence-electron chi connectivity index (χ1n) is 8.10. The predicted octanol–water partition coefficient (Wildman–Crippen LogP) is 3.66. The van der Waals surface area contributed by atoms with E-state index in [4.69, 9.17) is 5.11 Å². The van der Waals surface area contributed by atoms with Crippen LogP contribution in [-0.4, -0.2) is 29.1 Å². The molecule has 0 bridgehead atoms. The molecular weight excluding hydrogens is 337 g/mol.